The van der Waals surface area contributed by atoms with E-state index in [0.717, 1.165) is 34.9 Å². The minimum atomic E-state index is -3.76. The van der Waals surface area contributed by atoms with E-state index in [9.17, 15) is 18.5 Å². The summed E-state index contributed by atoms with van der Waals surface area (Å²) in [5.41, 5.74) is -0.869. The molecule has 0 radical (unpaired) electrons. The first kappa shape index (κ1) is 18.2. The number of halogens is 1. The fourth-order valence-electron chi connectivity index (χ4n) is 2.60. The van der Waals surface area contributed by atoms with E-state index in [2.05, 4.69) is 11.4 Å². The molecule has 0 aliphatic heterocycles. The molecule has 1 aliphatic rings. The quantitative estimate of drug-likeness (QED) is 0.855. The van der Waals surface area contributed by atoms with Crippen molar-refractivity contribution in [2.45, 2.75) is 41.9 Å². The molecule has 1 fully saturated rings. The minimum Gasteiger partial charge on any atom is -0.337 e. The van der Waals surface area contributed by atoms with Gasteiger partial charge in [-0.05, 0) is 25.0 Å². The van der Waals surface area contributed by atoms with Gasteiger partial charge in [0.15, 0.2) is 0 Å². The highest BCUT2D eigenvalue weighted by atomic mass is 35.5. The van der Waals surface area contributed by atoms with Gasteiger partial charge in [0.25, 0.3) is 10.0 Å². The molecular formula is C14H18ClN3O3S2. The molecule has 1 aliphatic carbocycles. The fourth-order valence-corrected chi connectivity index (χ4v) is 5.42. The minimum absolute atomic E-state index is 0.0884. The van der Waals surface area contributed by atoms with Crippen LogP contribution in [0.5, 0.6) is 0 Å². The Kier molecular flexibility index (Phi) is 5.68. The largest absolute Gasteiger partial charge is 0.337 e. The van der Waals surface area contributed by atoms with Crippen molar-refractivity contribution in [3.05, 3.63) is 16.5 Å². The molecule has 9 heteroatoms. The van der Waals surface area contributed by atoms with E-state index < -0.39 is 21.5 Å². The molecule has 126 valence electrons. The average molecular weight is 376 g/mol. The monoisotopic (exact) mass is 375 g/mol. The molecule has 0 spiro atoms. The van der Waals surface area contributed by atoms with E-state index in [4.69, 9.17) is 11.6 Å². The van der Waals surface area contributed by atoms with Crippen molar-refractivity contribution >= 4 is 38.9 Å². The van der Waals surface area contributed by atoms with Crippen molar-refractivity contribution in [2.75, 3.05) is 13.6 Å². The highest BCUT2D eigenvalue weighted by Crippen LogP contribution is 2.29. The van der Waals surface area contributed by atoms with Gasteiger partial charge in [0, 0.05) is 7.05 Å². The molecule has 1 saturated carbocycles. The number of sulfonamides is 1. The van der Waals surface area contributed by atoms with Crippen LogP contribution in [0.25, 0.3) is 0 Å². The van der Waals surface area contributed by atoms with E-state index in [0.29, 0.717) is 17.2 Å². The smallest absolute Gasteiger partial charge is 0.252 e. The molecule has 1 N–H and O–H groups in total. The van der Waals surface area contributed by atoms with Crippen LogP contribution in [0.15, 0.2) is 16.3 Å². The molecule has 1 aromatic rings. The lowest BCUT2D eigenvalue weighted by molar-refractivity contribution is -0.122. The highest BCUT2D eigenvalue weighted by Gasteiger charge is 2.34. The number of amides is 1. The molecule has 1 aromatic heterocycles. The first-order chi connectivity index (χ1) is 10.8. The van der Waals surface area contributed by atoms with Crippen LogP contribution in [0.4, 0.5) is 0 Å². The van der Waals surface area contributed by atoms with E-state index >= 15 is 0 Å². The van der Waals surface area contributed by atoms with Gasteiger partial charge in [0.2, 0.25) is 5.91 Å². The second-order valence-corrected chi connectivity index (χ2v) is 9.61. The van der Waals surface area contributed by atoms with Gasteiger partial charge in [-0.2, -0.15) is 9.57 Å². The van der Waals surface area contributed by atoms with E-state index in [1.54, 1.807) is 0 Å². The summed E-state index contributed by atoms with van der Waals surface area (Å²) >= 11 is 6.70. The maximum Gasteiger partial charge on any atom is 0.252 e. The van der Waals surface area contributed by atoms with E-state index in [1.807, 2.05) is 0 Å². The lowest BCUT2D eigenvalue weighted by atomic mass is 9.83. The maximum atomic E-state index is 12.4. The van der Waals surface area contributed by atoms with Crippen molar-refractivity contribution in [3.63, 3.8) is 0 Å². The molecule has 0 unspecified atom stereocenters. The molecule has 0 atom stereocenters. The second-order valence-electron chi connectivity index (χ2n) is 5.62. The number of hydrogen-bond acceptors (Lipinski definition) is 5. The SMILES string of the molecule is CN(CC(=O)NC1(C#N)CCCCC1)S(=O)(=O)c1ccc(Cl)s1. The van der Waals surface area contributed by atoms with Crippen LogP contribution in [0.1, 0.15) is 32.1 Å². The molecule has 0 bridgehead atoms. The summed E-state index contributed by atoms with van der Waals surface area (Å²) in [4.78, 5) is 12.2. The van der Waals surface area contributed by atoms with Crippen molar-refractivity contribution in [1.29, 1.82) is 5.26 Å². The average Bonchev–Trinajstić information content (AvgIpc) is 2.95. The van der Waals surface area contributed by atoms with Gasteiger partial charge < -0.3 is 5.32 Å². The van der Waals surface area contributed by atoms with Crippen molar-refractivity contribution < 1.29 is 13.2 Å². The fraction of sp³-hybridized carbons (Fsp3) is 0.571. The number of hydrogen-bond donors (Lipinski definition) is 1. The Hall–Kier alpha value is -1.14. The second kappa shape index (κ2) is 7.18. The maximum absolute atomic E-state index is 12.4. The molecule has 1 heterocycles. The molecular weight excluding hydrogens is 358 g/mol. The zero-order valence-corrected chi connectivity index (χ0v) is 15.1. The predicted octanol–water partition coefficient (Wildman–Crippen LogP) is 2.36. The Morgan fingerprint density at radius 1 is 1.43 bits per heavy atom. The Bertz CT molecular complexity index is 718. The number of nitriles is 1. The first-order valence-electron chi connectivity index (χ1n) is 7.23. The van der Waals surface area contributed by atoms with E-state index in [1.165, 1.54) is 19.2 Å². The molecule has 6 nitrogen and oxygen atoms in total. The zero-order chi connectivity index (χ0) is 17.1. The number of likely N-dealkylation sites (N-methyl/N-ethyl adjacent to an activating group) is 1. The number of carbonyl (C=O) groups excluding carboxylic acids is 1. The van der Waals surface area contributed by atoms with Crippen LogP contribution in [-0.4, -0.2) is 37.8 Å². The molecule has 0 saturated heterocycles. The summed E-state index contributed by atoms with van der Waals surface area (Å²) in [6.45, 7) is -0.332. The van der Waals surface area contributed by atoms with Gasteiger partial charge in [-0.15, -0.1) is 11.3 Å². The summed E-state index contributed by atoms with van der Waals surface area (Å²) in [7, 11) is -2.42. The van der Waals surface area contributed by atoms with E-state index in [-0.39, 0.29) is 10.8 Å². The number of nitrogens with one attached hydrogen (secondary N) is 1. The van der Waals surface area contributed by atoms with Gasteiger partial charge in [-0.1, -0.05) is 30.9 Å². The van der Waals surface area contributed by atoms with Crippen LogP contribution < -0.4 is 5.32 Å². The summed E-state index contributed by atoms with van der Waals surface area (Å²) in [6.07, 6.45) is 4.02. The number of rotatable bonds is 5. The Morgan fingerprint density at radius 2 is 2.09 bits per heavy atom. The summed E-state index contributed by atoms with van der Waals surface area (Å²) in [5, 5.41) is 12.1. The van der Waals surface area contributed by atoms with Crippen LogP contribution in [0, 0.1) is 11.3 Å². The van der Waals surface area contributed by atoms with Crippen molar-refractivity contribution in [3.8, 4) is 6.07 Å². The van der Waals surface area contributed by atoms with Crippen LogP contribution in [0.2, 0.25) is 4.34 Å². The first-order valence-corrected chi connectivity index (χ1v) is 9.86. The summed E-state index contributed by atoms with van der Waals surface area (Å²) < 4.78 is 26.1. The van der Waals surface area contributed by atoms with Crippen LogP contribution in [-0.2, 0) is 14.8 Å². The normalized spacial score (nSPS) is 17.7. The van der Waals surface area contributed by atoms with Gasteiger partial charge >= 0.3 is 0 Å². The third-order valence-corrected chi connectivity index (χ3v) is 7.38. The van der Waals surface area contributed by atoms with Gasteiger partial charge in [0.1, 0.15) is 9.75 Å². The summed E-state index contributed by atoms with van der Waals surface area (Å²) in [5.74, 6) is -0.470. The van der Waals surface area contributed by atoms with Gasteiger partial charge in [-0.3, -0.25) is 4.79 Å². The molecule has 1 amide bonds. The Balaban J connectivity index is 2.03. The number of carbonyl (C=O) groups is 1. The number of nitrogens with zero attached hydrogens (tertiary/aromatic N) is 2. The summed E-state index contributed by atoms with van der Waals surface area (Å²) in [6, 6.07) is 5.09. The van der Waals surface area contributed by atoms with Crippen LogP contribution >= 0.6 is 22.9 Å². The standard InChI is InChI=1S/C14H18ClN3O3S2/c1-18(23(20,21)13-6-5-11(15)22-13)9-12(19)17-14(10-16)7-3-2-4-8-14/h5-6H,2-4,7-9H2,1H3,(H,17,19). The van der Waals surface area contributed by atoms with Crippen molar-refractivity contribution in [2.24, 2.45) is 0 Å². The predicted molar refractivity (Wildman–Crippen MR) is 88.7 cm³/mol. The highest BCUT2D eigenvalue weighted by molar-refractivity contribution is 7.91. The van der Waals surface area contributed by atoms with Gasteiger partial charge in [-0.25, -0.2) is 8.42 Å². The molecule has 23 heavy (non-hydrogen) atoms. The topological polar surface area (TPSA) is 90.3 Å². The van der Waals surface area contributed by atoms with Crippen molar-refractivity contribution in [1.82, 2.24) is 9.62 Å². The molecule has 0 aromatic carbocycles. The lowest BCUT2D eigenvalue weighted by Crippen LogP contribution is -2.51. The number of thiophene rings is 1. The lowest BCUT2D eigenvalue weighted by Gasteiger charge is -2.32. The molecule has 2 rings (SSSR count). The third-order valence-electron chi connectivity index (χ3n) is 3.88. The Morgan fingerprint density at radius 3 is 2.61 bits per heavy atom. The van der Waals surface area contributed by atoms with Crippen LogP contribution in [0.3, 0.4) is 0 Å². The Labute approximate surface area is 145 Å². The van der Waals surface area contributed by atoms with Gasteiger partial charge in [0.05, 0.1) is 17.0 Å². The zero-order valence-electron chi connectivity index (χ0n) is 12.7. The third kappa shape index (κ3) is 4.23.